The van der Waals surface area contributed by atoms with E-state index in [1.54, 1.807) is 31.4 Å². The molecular weight excluding hydrogens is 288 g/mol. The average Bonchev–Trinajstić information content (AvgIpc) is 2.83. The van der Waals surface area contributed by atoms with Gasteiger partial charge in [-0.3, -0.25) is 14.5 Å². The lowest BCUT2D eigenvalue weighted by molar-refractivity contribution is -0.122. The van der Waals surface area contributed by atoms with Crippen molar-refractivity contribution >= 4 is 29.3 Å². The van der Waals surface area contributed by atoms with Crippen molar-refractivity contribution in [1.82, 2.24) is 4.90 Å². The summed E-state index contributed by atoms with van der Waals surface area (Å²) in [5, 5.41) is 0. The van der Waals surface area contributed by atoms with Crippen LogP contribution in [-0.4, -0.2) is 54.5 Å². The highest BCUT2D eigenvalue weighted by atomic mass is 32.2. The Morgan fingerprint density at radius 3 is 2.43 bits per heavy atom. The van der Waals surface area contributed by atoms with Crippen molar-refractivity contribution in [2.45, 2.75) is 12.5 Å². The quantitative estimate of drug-likeness (QED) is 0.790. The highest BCUT2D eigenvalue weighted by Gasteiger charge is 2.42. The van der Waals surface area contributed by atoms with Gasteiger partial charge in [0.15, 0.2) is 0 Å². The minimum absolute atomic E-state index is 0.0999. The Morgan fingerprint density at radius 2 is 1.81 bits per heavy atom. The van der Waals surface area contributed by atoms with Crippen LogP contribution in [0.4, 0.5) is 5.69 Å². The summed E-state index contributed by atoms with van der Waals surface area (Å²) in [7, 11) is 1.59. The van der Waals surface area contributed by atoms with Gasteiger partial charge >= 0.3 is 0 Å². The van der Waals surface area contributed by atoms with Crippen LogP contribution in [0, 0.1) is 0 Å². The van der Waals surface area contributed by atoms with E-state index in [2.05, 4.69) is 4.90 Å². The van der Waals surface area contributed by atoms with E-state index in [4.69, 9.17) is 4.74 Å². The first-order chi connectivity index (χ1) is 10.2. The molecule has 2 aliphatic heterocycles. The molecule has 0 radical (unpaired) electrons. The SMILES string of the molecule is COc1ccc(N2C(=O)C[C@H](N3CCSCC3)C2=O)cc1. The first-order valence-corrected chi connectivity index (χ1v) is 8.19. The van der Waals surface area contributed by atoms with Gasteiger partial charge in [0.1, 0.15) is 5.75 Å². The molecule has 6 heteroatoms. The average molecular weight is 306 g/mol. The van der Waals surface area contributed by atoms with Crippen molar-refractivity contribution in [3.63, 3.8) is 0 Å². The second-order valence-corrected chi connectivity index (χ2v) is 6.36. The molecule has 2 heterocycles. The lowest BCUT2D eigenvalue weighted by Gasteiger charge is -2.30. The predicted octanol–water partition coefficient (Wildman–Crippen LogP) is 1.38. The topological polar surface area (TPSA) is 49.9 Å². The first-order valence-electron chi connectivity index (χ1n) is 7.03. The maximum absolute atomic E-state index is 12.6. The number of amides is 2. The molecule has 1 aromatic carbocycles. The molecular formula is C15H18N2O3S. The van der Waals surface area contributed by atoms with E-state index in [1.807, 2.05) is 11.8 Å². The van der Waals surface area contributed by atoms with Crippen LogP contribution in [0.3, 0.4) is 0 Å². The number of hydrogen-bond donors (Lipinski definition) is 0. The Hall–Kier alpha value is -1.53. The van der Waals surface area contributed by atoms with Crippen LogP contribution in [0.1, 0.15) is 6.42 Å². The smallest absolute Gasteiger partial charge is 0.251 e. The zero-order valence-electron chi connectivity index (χ0n) is 11.9. The van der Waals surface area contributed by atoms with Gasteiger partial charge in [-0.25, -0.2) is 4.90 Å². The van der Waals surface area contributed by atoms with E-state index < -0.39 is 0 Å². The Balaban J connectivity index is 1.79. The van der Waals surface area contributed by atoms with Crippen LogP contribution < -0.4 is 9.64 Å². The summed E-state index contributed by atoms with van der Waals surface area (Å²) in [6.45, 7) is 1.76. The number of benzene rings is 1. The standard InChI is InChI=1S/C15H18N2O3S/c1-20-12-4-2-11(3-5-12)17-14(18)10-13(15(17)19)16-6-8-21-9-7-16/h2-5,13H,6-10H2,1H3/t13-/m0/s1. The molecule has 2 amide bonds. The summed E-state index contributed by atoms with van der Waals surface area (Å²) < 4.78 is 5.10. The van der Waals surface area contributed by atoms with Crippen molar-refractivity contribution in [2.75, 3.05) is 36.6 Å². The summed E-state index contributed by atoms with van der Waals surface area (Å²) in [6, 6.07) is 6.74. The largest absolute Gasteiger partial charge is 0.497 e. The van der Waals surface area contributed by atoms with E-state index in [9.17, 15) is 9.59 Å². The predicted molar refractivity (Wildman–Crippen MR) is 82.8 cm³/mol. The van der Waals surface area contributed by atoms with E-state index in [0.29, 0.717) is 11.4 Å². The monoisotopic (exact) mass is 306 g/mol. The van der Waals surface area contributed by atoms with Crippen LogP contribution >= 0.6 is 11.8 Å². The van der Waals surface area contributed by atoms with Crippen LogP contribution in [0.5, 0.6) is 5.75 Å². The molecule has 0 aromatic heterocycles. The maximum atomic E-state index is 12.6. The Labute approximate surface area is 128 Å². The Bertz CT molecular complexity index is 540. The molecule has 0 spiro atoms. The van der Waals surface area contributed by atoms with Crippen LogP contribution in [0.25, 0.3) is 0 Å². The van der Waals surface area contributed by atoms with Crippen LogP contribution in [0.15, 0.2) is 24.3 Å². The first kappa shape index (κ1) is 14.4. The fourth-order valence-corrected chi connectivity index (χ4v) is 3.72. The number of methoxy groups -OCH3 is 1. The fraction of sp³-hybridized carbons (Fsp3) is 0.467. The molecule has 5 nitrogen and oxygen atoms in total. The van der Waals surface area contributed by atoms with E-state index in [1.165, 1.54) is 4.90 Å². The third-order valence-electron chi connectivity index (χ3n) is 3.94. The Morgan fingerprint density at radius 1 is 1.14 bits per heavy atom. The van der Waals surface area contributed by atoms with Gasteiger partial charge in [-0.05, 0) is 24.3 Å². The lowest BCUT2D eigenvalue weighted by atomic mass is 10.2. The van der Waals surface area contributed by atoms with Crippen molar-refractivity contribution in [3.8, 4) is 5.75 Å². The number of carbonyl (C=O) groups excluding carboxylic acids is 2. The minimum atomic E-state index is -0.291. The molecule has 0 bridgehead atoms. The molecule has 2 saturated heterocycles. The summed E-state index contributed by atoms with van der Waals surface area (Å²) in [4.78, 5) is 28.3. The molecule has 21 heavy (non-hydrogen) atoms. The number of ether oxygens (including phenoxy) is 1. The molecule has 2 aliphatic rings. The molecule has 3 rings (SSSR count). The van der Waals surface area contributed by atoms with Gasteiger partial charge in [0.2, 0.25) is 5.91 Å². The summed E-state index contributed by atoms with van der Waals surface area (Å²) in [5.74, 6) is 2.55. The molecule has 0 aliphatic carbocycles. The maximum Gasteiger partial charge on any atom is 0.251 e. The van der Waals surface area contributed by atoms with Crippen LogP contribution in [-0.2, 0) is 9.59 Å². The van der Waals surface area contributed by atoms with Gasteiger partial charge < -0.3 is 4.74 Å². The van der Waals surface area contributed by atoms with Crippen LogP contribution in [0.2, 0.25) is 0 Å². The number of imide groups is 1. The van der Waals surface area contributed by atoms with Gasteiger partial charge in [-0.2, -0.15) is 11.8 Å². The molecule has 1 atom stereocenters. The van der Waals surface area contributed by atoms with Crippen molar-refractivity contribution < 1.29 is 14.3 Å². The number of nitrogens with zero attached hydrogens (tertiary/aromatic N) is 2. The number of rotatable bonds is 3. The van der Waals surface area contributed by atoms with Gasteiger partial charge in [0.25, 0.3) is 5.91 Å². The lowest BCUT2D eigenvalue weighted by Crippen LogP contribution is -2.45. The molecule has 112 valence electrons. The molecule has 2 fully saturated rings. The number of hydrogen-bond acceptors (Lipinski definition) is 5. The molecule has 0 saturated carbocycles. The number of thioether (sulfide) groups is 1. The third-order valence-corrected chi connectivity index (χ3v) is 4.88. The minimum Gasteiger partial charge on any atom is -0.497 e. The summed E-state index contributed by atoms with van der Waals surface area (Å²) in [6.07, 6.45) is 0.287. The number of carbonyl (C=O) groups is 2. The van der Waals surface area contributed by atoms with Gasteiger partial charge in [-0.1, -0.05) is 0 Å². The summed E-state index contributed by atoms with van der Waals surface area (Å²) >= 11 is 1.90. The second-order valence-electron chi connectivity index (χ2n) is 5.13. The second kappa shape index (κ2) is 6.07. The van der Waals surface area contributed by atoms with E-state index in [-0.39, 0.29) is 24.3 Å². The highest BCUT2D eigenvalue weighted by Crippen LogP contribution is 2.28. The zero-order chi connectivity index (χ0) is 14.8. The normalized spacial score (nSPS) is 23.7. The molecule has 0 N–H and O–H groups in total. The molecule has 1 aromatic rings. The third kappa shape index (κ3) is 2.78. The van der Waals surface area contributed by atoms with Crippen molar-refractivity contribution in [3.05, 3.63) is 24.3 Å². The summed E-state index contributed by atoms with van der Waals surface area (Å²) in [5.41, 5.74) is 0.625. The fourth-order valence-electron chi connectivity index (χ4n) is 2.79. The van der Waals surface area contributed by atoms with Gasteiger partial charge in [0, 0.05) is 24.6 Å². The van der Waals surface area contributed by atoms with Gasteiger partial charge in [0.05, 0.1) is 25.3 Å². The zero-order valence-corrected chi connectivity index (χ0v) is 12.8. The van der Waals surface area contributed by atoms with E-state index in [0.717, 1.165) is 24.6 Å². The number of anilines is 1. The van der Waals surface area contributed by atoms with Crippen molar-refractivity contribution in [2.24, 2.45) is 0 Å². The van der Waals surface area contributed by atoms with Gasteiger partial charge in [-0.15, -0.1) is 0 Å². The Kier molecular flexibility index (Phi) is 4.17. The molecule has 0 unspecified atom stereocenters. The highest BCUT2D eigenvalue weighted by molar-refractivity contribution is 7.99. The van der Waals surface area contributed by atoms with Crippen molar-refractivity contribution in [1.29, 1.82) is 0 Å². The van der Waals surface area contributed by atoms with E-state index >= 15 is 0 Å².